The van der Waals surface area contributed by atoms with Crippen LogP contribution in [0.15, 0.2) is 18.2 Å². The van der Waals surface area contributed by atoms with Crippen molar-refractivity contribution >= 4 is 6.03 Å². The van der Waals surface area contributed by atoms with Gasteiger partial charge >= 0.3 is 6.03 Å². The zero-order valence-corrected chi connectivity index (χ0v) is 15.6. The van der Waals surface area contributed by atoms with Gasteiger partial charge in [0.2, 0.25) is 0 Å². The van der Waals surface area contributed by atoms with Crippen LogP contribution in [0.5, 0.6) is 0 Å². The summed E-state index contributed by atoms with van der Waals surface area (Å²) >= 11 is 0. The van der Waals surface area contributed by atoms with Crippen LogP contribution in [0, 0.1) is 6.92 Å². The number of carbonyl (C=O) groups excluding carboxylic acids is 1. The molecule has 0 spiro atoms. The minimum absolute atomic E-state index is 0.0262. The van der Waals surface area contributed by atoms with Crippen LogP contribution in [0.3, 0.4) is 0 Å². The van der Waals surface area contributed by atoms with Crippen LogP contribution in [0.25, 0.3) is 0 Å². The van der Waals surface area contributed by atoms with Crippen LogP contribution in [0.2, 0.25) is 0 Å². The fourth-order valence-electron chi connectivity index (χ4n) is 3.79. The summed E-state index contributed by atoms with van der Waals surface area (Å²) in [7, 11) is 0. The molecule has 1 aromatic rings. The Bertz CT molecular complexity index is 605. The Morgan fingerprint density at radius 2 is 2.24 bits per heavy atom. The molecule has 0 saturated carbocycles. The molecule has 2 amide bonds. The van der Waals surface area contributed by atoms with E-state index in [0.29, 0.717) is 6.54 Å². The molecule has 0 aromatic carbocycles. The lowest BCUT2D eigenvalue weighted by Gasteiger charge is -2.38. The Labute approximate surface area is 150 Å². The van der Waals surface area contributed by atoms with Gasteiger partial charge in [0, 0.05) is 38.4 Å². The first kappa shape index (κ1) is 18.1. The highest BCUT2D eigenvalue weighted by atomic mass is 16.5. The fourth-order valence-corrected chi connectivity index (χ4v) is 3.79. The number of urea groups is 1. The number of likely N-dealkylation sites (tertiary alicyclic amines) is 1. The molecule has 2 saturated heterocycles. The third kappa shape index (κ3) is 4.70. The predicted molar refractivity (Wildman–Crippen MR) is 97.5 cm³/mol. The average Bonchev–Trinajstić information content (AvgIpc) is 3.03. The van der Waals surface area contributed by atoms with E-state index in [1.165, 1.54) is 0 Å². The maximum Gasteiger partial charge on any atom is 0.318 e. The lowest BCUT2D eigenvalue weighted by molar-refractivity contribution is -0.0853. The quantitative estimate of drug-likeness (QED) is 0.909. The SMILES string of the molecule is Cc1cccc(C2CCCN2C(=O)NCCN2CCOC(C)(C)C2)n1. The van der Waals surface area contributed by atoms with Gasteiger partial charge in [0.05, 0.1) is 23.9 Å². The first-order chi connectivity index (χ1) is 11.9. The van der Waals surface area contributed by atoms with Crippen LogP contribution in [0.1, 0.15) is 44.1 Å². The molecule has 25 heavy (non-hydrogen) atoms. The molecule has 0 radical (unpaired) electrons. The second-order valence-corrected chi connectivity index (χ2v) is 7.67. The summed E-state index contributed by atoms with van der Waals surface area (Å²) in [5, 5.41) is 3.09. The van der Waals surface area contributed by atoms with Gasteiger partial charge in [0.25, 0.3) is 0 Å². The summed E-state index contributed by atoms with van der Waals surface area (Å²) in [6, 6.07) is 6.17. The highest BCUT2D eigenvalue weighted by Gasteiger charge is 2.31. The van der Waals surface area contributed by atoms with Gasteiger partial charge in [0.1, 0.15) is 0 Å². The number of morpholine rings is 1. The molecular formula is C19H30N4O2. The van der Waals surface area contributed by atoms with E-state index >= 15 is 0 Å². The normalized spacial score (nSPS) is 23.6. The molecule has 6 heteroatoms. The van der Waals surface area contributed by atoms with Gasteiger partial charge in [-0.2, -0.15) is 0 Å². The Morgan fingerprint density at radius 1 is 1.40 bits per heavy atom. The number of ether oxygens (including phenoxy) is 1. The van der Waals surface area contributed by atoms with Crippen molar-refractivity contribution in [3.05, 3.63) is 29.6 Å². The van der Waals surface area contributed by atoms with Crippen LogP contribution >= 0.6 is 0 Å². The highest BCUT2D eigenvalue weighted by Crippen LogP contribution is 2.30. The van der Waals surface area contributed by atoms with E-state index in [-0.39, 0.29) is 17.7 Å². The van der Waals surface area contributed by atoms with Gasteiger partial charge in [-0.1, -0.05) is 6.07 Å². The zero-order valence-electron chi connectivity index (χ0n) is 15.6. The number of nitrogens with one attached hydrogen (secondary N) is 1. The summed E-state index contributed by atoms with van der Waals surface area (Å²) in [5.74, 6) is 0. The van der Waals surface area contributed by atoms with Crippen molar-refractivity contribution in [1.82, 2.24) is 20.1 Å². The Kier molecular flexibility index (Phi) is 5.59. The Balaban J connectivity index is 1.50. The molecule has 2 fully saturated rings. The van der Waals surface area contributed by atoms with E-state index in [1.807, 2.05) is 30.0 Å². The summed E-state index contributed by atoms with van der Waals surface area (Å²) in [4.78, 5) is 21.5. The van der Waals surface area contributed by atoms with Crippen LogP contribution in [-0.4, -0.2) is 65.7 Å². The molecule has 2 aliphatic heterocycles. The standard InChI is InChI=1S/C19H30N4O2/c1-15-6-4-7-16(21-15)17-8-5-10-23(17)18(24)20-9-11-22-12-13-25-19(2,3)14-22/h4,6-7,17H,5,8-14H2,1-3H3,(H,20,24). The van der Waals surface area contributed by atoms with Crippen molar-refractivity contribution in [2.45, 2.75) is 45.3 Å². The molecule has 138 valence electrons. The smallest absolute Gasteiger partial charge is 0.318 e. The number of amides is 2. The van der Waals surface area contributed by atoms with Crippen molar-refractivity contribution in [2.24, 2.45) is 0 Å². The minimum Gasteiger partial charge on any atom is -0.373 e. The van der Waals surface area contributed by atoms with Crippen LogP contribution in [0.4, 0.5) is 4.79 Å². The molecule has 0 bridgehead atoms. The van der Waals surface area contributed by atoms with Crippen LogP contribution in [-0.2, 0) is 4.74 Å². The molecule has 2 aliphatic rings. The minimum atomic E-state index is -0.0981. The number of aromatic nitrogens is 1. The van der Waals surface area contributed by atoms with E-state index in [1.54, 1.807) is 0 Å². The zero-order chi connectivity index (χ0) is 17.9. The van der Waals surface area contributed by atoms with Crippen molar-refractivity contribution in [3.8, 4) is 0 Å². The summed E-state index contributed by atoms with van der Waals surface area (Å²) in [6.45, 7) is 11.1. The first-order valence-corrected chi connectivity index (χ1v) is 9.29. The molecule has 1 atom stereocenters. The molecule has 3 heterocycles. The molecule has 1 aromatic heterocycles. The summed E-state index contributed by atoms with van der Waals surface area (Å²) in [5.41, 5.74) is 1.90. The largest absolute Gasteiger partial charge is 0.373 e. The number of nitrogens with zero attached hydrogens (tertiary/aromatic N) is 3. The van der Waals surface area contributed by atoms with Gasteiger partial charge in [-0.3, -0.25) is 9.88 Å². The van der Waals surface area contributed by atoms with Gasteiger partial charge in [-0.05, 0) is 45.7 Å². The van der Waals surface area contributed by atoms with Crippen molar-refractivity contribution < 1.29 is 9.53 Å². The molecule has 6 nitrogen and oxygen atoms in total. The number of rotatable bonds is 4. The number of pyridine rings is 1. The average molecular weight is 346 g/mol. The van der Waals surface area contributed by atoms with E-state index in [9.17, 15) is 4.79 Å². The van der Waals surface area contributed by atoms with Gasteiger partial charge in [-0.25, -0.2) is 4.79 Å². The first-order valence-electron chi connectivity index (χ1n) is 9.29. The fraction of sp³-hybridized carbons (Fsp3) is 0.684. The van der Waals surface area contributed by atoms with Crippen molar-refractivity contribution in [1.29, 1.82) is 0 Å². The lowest BCUT2D eigenvalue weighted by atomic mass is 10.1. The van der Waals surface area contributed by atoms with Gasteiger partial charge in [-0.15, -0.1) is 0 Å². The molecule has 3 rings (SSSR count). The number of carbonyl (C=O) groups is 1. The van der Waals surface area contributed by atoms with Gasteiger partial charge < -0.3 is 15.0 Å². The number of hydrogen-bond donors (Lipinski definition) is 1. The lowest BCUT2D eigenvalue weighted by Crippen LogP contribution is -2.50. The van der Waals surface area contributed by atoms with Gasteiger partial charge in [0.15, 0.2) is 0 Å². The van der Waals surface area contributed by atoms with E-state index in [0.717, 1.165) is 57.0 Å². The molecule has 1 N–H and O–H groups in total. The second kappa shape index (κ2) is 7.70. The Hall–Kier alpha value is -1.66. The summed E-state index contributed by atoms with van der Waals surface area (Å²) in [6.07, 6.45) is 2.02. The third-order valence-corrected chi connectivity index (χ3v) is 4.97. The number of hydrogen-bond acceptors (Lipinski definition) is 4. The van der Waals surface area contributed by atoms with Crippen molar-refractivity contribution in [2.75, 3.05) is 39.3 Å². The van der Waals surface area contributed by atoms with Crippen LogP contribution < -0.4 is 5.32 Å². The third-order valence-electron chi connectivity index (χ3n) is 4.97. The second-order valence-electron chi connectivity index (χ2n) is 7.67. The van der Waals surface area contributed by atoms with Crippen molar-refractivity contribution in [3.63, 3.8) is 0 Å². The van der Waals surface area contributed by atoms with E-state index < -0.39 is 0 Å². The molecule has 1 unspecified atom stereocenters. The maximum atomic E-state index is 12.6. The maximum absolute atomic E-state index is 12.6. The monoisotopic (exact) mass is 346 g/mol. The summed E-state index contributed by atoms with van der Waals surface area (Å²) < 4.78 is 5.73. The van der Waals surface area contributed by atoms with E-state index in [2.05, 4.69) is 29.0 Å². The highest BCUT2D eigenvalue weighted by molar-refractivity contribution is 5.75. The Morgan fingerprint density at radius 3 is 3.00 bits per heavy atom. The number of aryl methyl sites for hydroxylation is 1. The molecule has 0 aliphatic carbocycles. The van der Waals surface area contributed by atoms with E-state index in [4.69, 9.17) is 4.74 Å². The molecular weight excluding hydrogens is 316 g/mol. The predicted octanol–water partition coefficient (Wildman–Crippen LogP) is 2.35. The topological polar surface area (TPSA) is 57.7 Å².